The summed E-state index contributed by atoms with van der Waals surface area (Å²) in [4.78, 5) is 25.1. The minimum absolute atomic E-state index is 0.173. The molecule has 0 saturated carbocycles. The lowest BCUT2D eigenvalue weighted by atomic mass is 10.1. The molecule has 9 heteroatoms. The summed E-state index contributed by atoms with van der Waals surface area (Å²) in [6, 6.07) is 22.9. The third kappa shape index (κ3) is 6.82. The largest absolute Gasteiger partial charge is 0.490 e. The second-order valence-corrected chi connectivity index (χ2v) is 9.00. The van der Waals surface area contributed by atoms with Crippen LogP contribution in [0, 0.1) is 0 Å². The number of ether oxygens (including phenoxy) is 3. The predicted octanol–water partition coefficient (Wildman–Crippen LogP) is 6.68. The molecule has 0 fully saturated rings. The van der Waals surface area contributed by atoms with Crippen molar-refractivity contribution >= 4 is 52.1 Å². The van der Waals surface area contributed by atoms with Crippen molar-refractivity contribution in [1.29, 1.82) is 0 Å². The van der Waals surface area contributed by atoms with Gasteiger partial charge in [-0.25, -0.2) is 10.2 Å². The summed E-state index contributed by atoms with van der Waals surface area (Å²) in [6.07, 6.45) is 0.680. The second kappa shape index (κ2) is 12.4. The number of carbonyl (C=O) groups is 2. The minimum atomic E-state index is -0.770. The third-order valence-corrected chi connectivity index (χ3v) is 5.96. The first-order valence-electron chi connectivity index (χ1n) is 11.8. The monoisotopic (exact) mass is 550 g/mol. The number of esters is 1. The van der Waals surface area contributed by atoms with Crippen LogP contribution in [-0.2, 0) is 4.79 Å². The van der Waals surface area contributed by atoms with Crippen molar-refractivity contribution in [2.75, 3.05) is 6.61 Å². The van der Waals surface area contributed by atoms with Crippen LogP contribution >= 0.6 is 23.2 Å². The average Bonchev–Trinajstić information content (AvgIpc) is 2.90. The van der Waals surface area contributed by atoms with E-state index in [1.807, 2.05) is 42.5 Å². The van der Waals surface area contributed by atoms with E-state index in [1.165, 1.54) is 18.3 Å². The lowest BCUT2D eigenvalue weighted by Gasteiger charge is -2.13. The molecule has 0 saturated heterocycles. The summed E-state index contributed by atoms with van der Waals surface area (Å²) in [5, 5.41) is 6.71. The van der Waals surface area contributed by atoms with Gasteiger partial charge in [-0.05, 0) is 78.7 Å². The zero-order valence-corrected chi connectivity index (χ0v) is 22.1. The van der Waals surface area contributed by atoms with Gasteiger partial charge in [0, 0.05) is 5.02 Å². The molecule has 4 rings (SSSR count). The third-order valence-electron chi connectivity index (χ3n) is 5.41. The van der Waals surface area contributed by atoms with Gasteiger partial charge in [-0.1, -0.05) is 53.5 Å². The van der Waals surface area contributed by atoms with Crippen molar-refractivity contribution in [2.45, 2.75) is 20.0 Å². The molecule has 194 valence electrons. The molecule has 1 atom stereocenters. The molecule has 4 aromatic rings. The van der Waals surface area contributed by atoms with Crippen molar-refractivity contribution in [3.05, 3.63) is 100 Å². The van der Waals surface area contributed by atoms with E-state index in [0.29, 0.717) is 28.7 Å². The molecule has 0 heterocycles. The summed E-state index contributed by atoms with van der Waals surface area (Å²) < 4.78 is 16.9. The number of amides is 1. The Balaban J connectivity index is 1.38. The fourth-order valence-corrected chi connectivity index (χ4v) is 4.01. The number of rotatable bonds is 9. The van der Waals surface area contributed by atoms with Crippen molar-refractivity contribution in [2.24, 2.45) is 5.10 Å². The highest BCUT2D eigenvalue weighted by molar-refractivity contribution is 6.36. The molecule has 0 radical (unpaired) electrons. The quantitative estimate of drug-likeness (QED) is 0.109. The first-order chi connectivity index (χ1) is 18.3. The zero-order chi connectivity index (χ0) is 27.1. The Morgan fingerprint density at radius 1 is 0.947 bits per heavy atom. The van der Waals surface area contributed by atoms with E-state index in [4.69, 9.17) is 37.4 Å². The molecule has 0 aliphatic rings. The number of nitrogens with zero attached hydrogens (tertiary/aromatic N) is 1. The molecule has 0 aliphatic carbocycles. The summed E-state index contributed by atoms with van der Waals surface area (Å²) in [5.41, 5.74) is 3.26. The highest BCUT2D eigenvalue weighted by Gasteiger charge is 2.17. The van der Waals surface area contributed by atoms with E-state index in [-0.39, 0.29) is 16.3 Å². The van der Waals surface area contributed by atoms with Crippen LogP contribution in [0.25, 0.3) is 10.8 Å². The first-order valence-corrected chi connectivity index (χ1v) is 12.5. The molecule has 1 unspecified atom stereocenters. The predicted molar refractivity (Wildman–Crippen MR) is 149 cm³/mol. The number of halogens is 2. The van der Waals surface area contributed by atoms with E-state index in [9.17, 15) is 9.59 Å². The maximum atomic E-state index is 12.6. The molecular weight excluding hydrogens is 527 g/mol. The van der Waals surface area contributed by atoms with Gasteiger partial charge in [0.2, 0.25) is 0 Å². The Morgan fingerprint density at radius 2 is 1.74 bits per heavy atom. The summed E-state index contributed by atoms with van der Waals surface area (Å²) in [7, 11) is 0. The smallest absolute Gasteiger partial charge is 0.345 e. The summed E-state index contributed by atoms with van der Waals surface area (Å²) >= 11 is 12.0. The molecule has 7 nitrogen and oxygen atoms in total. The number of hydrazone groups is 1. The normalized spacial score (nSPS) is 11.8. The minimum Gasteiger partial charge on any atom is -0.490 e. The summed E-state index contributed by atoms with van der Waals surface area (Å²) in [6.45, 7) is 3.79. The van der Waals surface area contributed by atoms with Gasteiger partial charge in [-0.3, -0.25) is 4.79 Å². The summed E-state index contributed by atoms with van der Waals surface area (Å²) in [5.74, 6) is 0.0592. The van der Waals surface area contributed by atoms with Crippen LogP contribution in [0.1, 0.15) is 29.8 Å². The van der Waals surface area contributed by atoms with Crippen LogP contribution in [0.4, 0.5) is 0 Å². The fraction of sp³-hybridized carbons (Fsp3) is 0.138. The molecule has 0 spiro atoms. The van der Waals surface area contributed by atoms with Gasteiger partial charge >= 0.3 is 5.97 Å². The Bertz CT molecular complexity index is 1510. The molecule has 1 amide bonds. The lowest BCUT2D eigenvalue weighted by Crippen LogP contribution is -2.33. The van der Waals surface area contributed by atoms with Crippen LogP contribution in [0.5, 0.6) is 17.2 Å². The van der Waals surface area contributed by atoms with Gasteiger partial charge in [0.25, 0.3) is 5.91 Å². The molecule has 1 N–H and O–H groups in total. The molecular formula is C29H24Cl2N2O5. The first kappa shape index (κ1) is 27.0. The standard InChI is InChI=1S/C29H24Cl2N2O5/c1-3-36-27-14-19(8-13-26(27)38-29(35)24-12-10-22(30)16-25(24)31)17-32-33-28(34)18(2)37-23-11-9-20-6-4-5-7-21(20)15-23/h4-18H,3H2,1-2H3,(H,33,34). The Morgan fingerprint density at radius 3 is 2.50 bits per heavy atom. The Kier molecular flexibility index (Phi) is 8.84. The fourth-order valence-electron chi connectivity index (χ4n) is 3.53. The molecule has 0 aromatic heterocycles. The molecule has 0 aliphatic heterocycles. The van der Waals surface area contributed by atoms with E-state index in [1.54, 1.807) is 38.1 Å². The highest BCUT2D eigenvalue weighted by atomic mass is 35.5. The van der Waals surface area contributed by atoms with Gasteiger partial charge in [-0.2, -0.15) is 5.10 Å². The van der Waals surface area contributed by atoms with Crippen LogP contribution in [-0.4, -0.2) is 30.8 Å². The van der Waals surface area contributed by atoms with E-state index >= 15 is 0 Å². The number of hydrogen-bond acceptors (Lipinski definition) is 6. The number of fused-ring (bicyclic) bond motifs is 1. The molecule has 38 heavy (non-hydrogen) atoms. The lowest BCUT2D eigenvalue weighted by molar-refractivity contribution is -0.127. The highest BCUT2D eigenvalue weighted by Crippen LogP contribution is 2.30. The zero-order valence-electron chi connectivity index (χ0n) is 20.6. The van der Waals surface area contributed by atoms with Crippen LogP contribution in [0.2, 0.25) is 10.0 Å². The van der Waals surface area contributed by atoms with Crippen molar-refractivity contribution < 1.29 is 23.8 Å². The van der Waals surface area contributed by atoms with Gasteiger partial charge in [0.15, 0.2) is 17.6 Å². The van der Waals surface area contributed by atoms with Crippen LogP contribution in [0.15, 0.2) is 84.0 Å². The van der Waals surface area contributed by atoms with Gasteiger partial charge in [0.05, 0.1) is 23.4 Å². The number of carbonyl (C=O) groups excluding carboxylic acids is 2. The van der Waals surface area contributed by atoms with E-state index in [0.717, 1.165) is 10.8 Å². The maximum Gasteiger partial charge on any atom is 0.345 e. The topological polar surface area (TPSA) is 86.2 Å². The SMILES string of the molecule is CCOc1cc(C=NNC(=O)C(C)Oc2ccc3ccccc3c2)ccc1OC(=O)c1ccc(Cl)cc1Cl. The molecule has 0 bridgehead atoms. The van der Waals surface area contributed by atoms with E-state index in [2.05, 4.69) is 10.5 Å². The number of nitrogens with one attached hydrogen (secondary N) is 1. The van der Waals surface area contributed by atoms with Crippen molar-refractivity contribution in [3.8, 4) is 17.2 Å². The van der Waals surface area contributed by atoms with Crippen LogP contribution in [0.3, 0.4) is 0 Å². The second-order valence-electron chi connectivity index (χ2n) is 8.16. The van der Waals surface area contributed by atoms with Crippen molar-refractivity contribution in [3.63, 3.8) is 0 Å². The number of benzene rings is 4. The average molecular weight is 551 g/mol. The van der Waals surface area contributed by atoms with Gasteiger partial charge in [-0.15, -0.1) is 0 Å². The van der Waals surface area contributed by atoms with Crippen LogP contribution < -0.4 is 19.6 Å². The van der Waals surface area contributed by atoms with Gasteiger partial charge in [0.1, 0.15) is 5.75 Å². The van der Waals surface area contributed by atoms with Crippen molar-refractivity contribution in [1.82, 2.24) is 5.43 Å². The molecule has 4 aromatic carbocycles. The maximum absolute atomic E-state index is 12.6. The Hall–Kier alpha value is -4.07. The van der Waals surface area contributed by atoms with E-state index < -0.39 is 18.0 Å². The van der Waals surface area contributed by atoms with Gasteiger partial charge < -0.3 is 14.2 Å². The Labute approximate surface area is 229 Å². The number of hydrogen-bond donors (Lipinski definition) is 1.